The number of epoxide rings is 1. The third kappa shape index (κ3) is 4.33. The van der Waals surface area contributed by atoms with E-state index in [9.17, 15) is 0 Å². The molecule has 2 aromatic rings. The van der Waals surface area contributed by atoms with E-state index in [0.717, 1.165) is 38.9 Å². The van der Waals surface area contributed by atoms with Crippen molar-refractivity contribution >= 4 is 18.7 Å². The van der Waals surface area contributed by atoms with E-state index >= 15 is 0 Å². The minimum Gasteiger partial charge on any atom is -0.408 e. The highest BCUT2D eigenvalue weighted by atomic mass is 28.4. The molecule has 1 aliphatic heterocycles. The number of benzene rings is 2. The predicted molar refractivity (Wildman–Crippen MR) is 99.5 cm³/mol. The van der Waals surface area contributed by atoms with Crippen molar-refractivity contribution in [1.29, 1.82) is 0 Å². The van der Waals surface area contributed by atoms with Crippen molar-refractivity contribution in [3.8, 4) is 0 Å². The molecule has 0 spiro atoms. The lowest BCUT2D eigenvalue weighted by atomic mass is 10.4. The summed E-state index contributed by atoms with van der Waals surface area (Å²) in [4.78, 5) is 0. The Balaban J connectivity index is 1.78. The van der Waals surface area contributed by atoms with Gasteiger partial charge < -0.3 is 13.9 Å². The van der Waals surface area contributed by atoms with Crippen LogP contribution in [0.4, 0.5) is 0 Å². The zero-order chi connectivity index (χ0) is 16.7. The van der Waals surface area contributed by atoms with Crippen molar-refractivity contribution < 1.29 is 13.9 Å². The molecule has 0 amide bonds. The van der Waals surface area contributed by atoms with Crippen molar-refractivity contribution in [2.45, 2.75) is 25.5 Å². The van der Waals surface area contributed by atoms with E-state index in [2.05, 4.69) is 67.6 Å². The zero-order valence-corrected chi connectivity index (χ0v) is 15.3. The first-order valence-electron chi connectivity index (χ1n) is 8.79. The molecule has 1 fully saturated rings. The molecule has 0 radical (unpaired) electrons. The minimum atomic E-state index is -2.22. The maximum atomic E-state index is 6.50. The Bertz CT molecular complexity index is 559. The summed E-state index contributed by atoms with van der Waals surface area (Å²) in [5.74, 6) is 0. The molecule has 3 nitrogen and oxygen atoms in total. The summed E-state index contributed by atoms with van der Waals surface area (Å²) in [5, 5.41) is 2.67. The van der Waals surface area contributed by atoms with Gasteiger partial charge in [-0.3, -0.25) is 0 Å². The predicted octanol–water partition coefficient (Wildman–Crippen LogP) is 2.59. The Morgan fingerprint density at radius 2 is 1.58 bits per heavy atom. The quantitative estimate of drug-likeness (QED) is 0.378. The fourth-order valence-corrected chi connectivity index (χ4v) is 7.14. The summed E-state index contributed by atoms with van der Waals surface area (Å²) in [7, 11) is -2.22. The van der Waals surface area contributed by atoms with Gasteiger partial charge in [-0.05, 0) is 29.8 Å². The maximum Gasteiger partial charge on any atom is 0.255 e. The van der Waals surface area contributed by atoms with Gasteiger partial charge in [-0.1, -0.05) is 60.7 Å². The second kappa shape index (κ2) is 8.58. The fourth-order valence-electron chi connectivity index (χ4n) is 3.16. The van der Waals surface area contributed by atoms with Gasteiger partial charge in [-0.25, -0.2) is 0 Å². The summed E-state index contributed by atoms with van der Waals surface area (Å²) in [6.45, 7) is 5.16. The maximum absolute atomic E-state index is 6.50. The Morgan fingerprint density at radius 1 is 1.00 bits per heavy atom. The van der Waals surface area contributed by atoms with Crippen molar-refractivity contribution in [3.63, 3.8) is 0 Å². The summed E-state index contributed by atoms with van der Waals surface area (Å²) in [5.41, 5.74) is 0. The normalized spacial score (nSPS) is 17.0. The molecule has 128 valence electrons. The Labute approximate surface area is 145 Å². The summed E-state index contributed by atoms with van der Waals surface area (Å²) in [6.07, 6.45) is 1.34. The average molecular weight is 343 g/mol. The molecule has 0 aliphatic carbocycles. The van der Waals surface area contributed by atoms with E-state index in [1.807, 2.05) is 0 Å². The van der Waals surface area contributed by atoms with Gasteiger partial charge in [0.2, 0.25) is 0 Å². The van der Waals surface area contributed by atoms with Crippen LogP contribution in [-0.4, -0.2) is 40.8 Å². The molecule has 3 rings (SSSR count). The molecule has 24 heavy (non-hydrogen) atoms. The van der Waals surface area contributed by atoms with Crippen molar-refractivity contribution in [2.24, 2.45) is 0 Å². The smallest absolute Gasteiger partial charge is 0.255 e. The lowest BCUT2D eigenvalue weighted by molar-refractivity contribution is 0.116. The second-order valence-corrected chi connectivity index (χ2v) is 9.72. The highest BCUT2D eigenvalue weighted by Crippen LogP contribution is 2.17. The van der Waals surface area contributed by atoms with E-state index in [1.165, 1.54) is 10.4 Å². The first-order chi connectivity index (χ1) is 11.8. The Hall–Kier alpha value is -1.46. The van der Waals surface area contributed by atoms with Gasteiger partial charge in [0.05, 0.1) is 13.2 Å². The number of hydrogen-bond acceptors (Lipinski definition) is 3. The summed E-state index contributed by atoms with van der Waals surface area (Å²) < 4.78 is 17.4. The van der Waals surface area contributed by atoms with Crippen LogP contribution in [0.1, 0.15) is 13.3 Å². The number of ether oxygens (including phenoxy) is 2. The first-order valence-corrected chi connectivity index (χ1v) is 10.9. The minimum absolute atomic E-state index is 0.335. The SMILES string of the molecule is CCO[Si](CCCOCC1CO1)(c1ccccc1)c1ccccc1. The van der Waals surface area contributed by atoms with Crippen LogP contribution >= 0.6 is 0 Å². The molecule has 1 heterocycles. The fraction of sp³-hybridized carbons (Fsp3) is 0.400. The van der Waals surface area contributed by atoms with Crippen LogP contribution < -0.4 is 10.4 Å². The van der Waals surface area contributed by atoms with Crippen molar-refractivity contribution in [1.82, 2.24) is 0 Å². The lowest BCUT2D eigenvalue weighted by Gasteiger charge is -2.32. The number of rotatable bonds is 10. The standard InChI is InChI=1S/C20H26O3Si/c1-2-23-24(19-10-5-3-6-11-19,20-12-7-4-8-13-20)15-9-14-21-16-18-17-22-18/h3-8,10-13,18H,2,9,14-17H2,1H3. The molecular formula is C20H26O3Si. The average Bonchev–Trinajstić information content (AvgIpc) is 3.46. The van der Waals surface area contributed by atoms with Gasteiger partial charge in [-0.2, -0.15) is 0 Å². The van der Waals surface area contributed by atoms with Gasteiger partial charge in [0.25, 0.3) is 8.32 Å². The lowest BCUT2D eigenvalue weighted by Crippen LogP contribution is -2.60. The summed E-state index contributed by atoms with van der Waals surface area (Å²) >= 11 is 0. The van der Waals surface area contributed by atoms with Gasteiger partial charge in [0, 0.05) is 13.2 Å². The highest BCUT2D eigenvalue weighted by molar-refractivity contribution is 6.97. The highest BCUT2D eigenvalue weighted by Gasteiger charge is 2.38. The molecule has 1 atom stereocenters. The van der Waals surface area contributed by atoms with Crippen LogP contribution in [-0.2, 0) is 13.9 Å². The third-order valence-electron chi connectivity index (χ3n) is 4.39. The molecule has 0 aromatic heterocycles. The molecule has 0 saturated carbocycles. The third-order valence-corrected chi connectivity index (χ3v) is 8.77. The zero-order valence-electron chi connectivity index (χ0n) is 14.3. The van der Waals surface area contributed by atoms with E-state index in [-0.39, 0.29) is 0 Å². The van der Waals surface area contributed by atoms with Gasteiger partial charge in [0.15, 0.2) is 0 Å². The molecule has 0 bridgehead atoms. The molecular weight excluding hydrogens is 316 g/mol. The largest absolute Gasteiger partial charge is 0.408 e. The van der Waals surface area contributed by atoms with Crippen molar-refractivity contribution in [2.75, 3.05) is 26.4 Å². The van der Waals surface area contributed by atoms with E-state index in [1.54, 1.807) is 0 Å². The van der Waals surface area contributed by atoms with Crippen LogP contribution in [0.15, 0.2) is 60.7 Å². The second-order valence-electron chi connectivity index (χ2n) is 6.13. The van der Waals surface area contributed by atoms with Crippen LogP contribution in [0.3, 0.4) is 0 Å². The van der Waals surface area contributed by atoms with Gasteiger partial charge in [0.1, 0.15) is 6.10 Å². The molecule has 1 saturated heterocycles. The van der Waals surface area contributed by atoms with E-state index in [4.69, 9.17) is 13.9 Å². The van der Waals surface area contributed by atoms with Crippen LogP contribution in [0.5, 0.6) is 0 Å². The first kappa shape index (κ1) is 17.4. The van der Waals surface area contributed by atoms with Gasteiger partial charge in [-0.15, -0.1) is 0 Å². The number of hydrogen-bond donors (Lipinski definition) is 0. The van der Waals surface area contributed by atoms with Crippen LogP contribution in [0.2, 0.25) is 6.04 Å². The molecule has 1 unspecified atom stereocenters. The van der Waals surface area contributed by atoms with Crippen LogP contribution in [0.25, 0.3) is 0 Å². The Kier molecular flexibility index (Phi) is 6.21. The van der Waals surface area contributed by atoms with Crippen LogP contribution in [0, 0.1) is 0 Å². The molecule has 2 aromatic carbocycles. The Morgan fingerprint density at radius 3 is 2.08 bits per heavy atom. The van der Waals surface area contributed by atoms with E-state index < -0.39 is 8.32 Å². The molecule has 0 N–H and O–H groups in total. The van der Waals surface area contributed by atoms with Gasteiger partial charge >= 0.3 is 0 Å². The monoisotopic (exact) mass is 342 g/mol. The topological polar surface area (TPSA) is 31.0 Å². The molecule has 1 aliphatic rings. The van der Waals surface area contributed by atoms with Crippen molar-refractivity contribution in [3.05, 3.63) is 60.7 Å². The molecule has 4 heteroatoms. The van der Waals surface area contributed by atoms with E-state index in [0.29, 0.717) is 6.10 Å². The summed E-state index contributed by atoms with van der Waals surface area (Å²) in [6, 6.07) is 22.5.